The van der Waals surface area contributed by atoms with Crippen molar-refractivity contribution in [3.8, 4) is 0 Å². The second-order valence-corrected chi connectivity index (χ2v) is 10.7. The van der Waals surface area contributed by atoms with Gasteiger partial charge in [0.2, 0.25) is 11.8 Å². The summed E-state index contributed by atoms with van der Waals surface area (Å²) in [4.78, 5) is 29.3. The molecular weight excluding hydrogens is 410 g/mol. The molecule has 5 heteroatoms. The van der Waals surface area contributed by atoms with Crippen molar-refractivity contribution in [3.63, 3.8) is 0 Å². The van der Waals surface area contributed by atoms with E-state index in [4.69, 9.17) is 0 Å². The molecule has 5 nitrogen and oxygen atoms in total. The molecule has 1 fully saturated rings. The molecule has 1 atom stereocenters. The lowest BCUT2D eigenvalue weighted by atomic mass is 9.84. The summed E-state index contributed by atoms with van der Waals surface area (Å²) in [5.74, 6) is 0.619. The van der Waals surface area contributed by atoms with E-state index in [9.17, 15) is 9.59 Å². The quantitative estimate of drug-likeness (QED) is 0.625. The van der Waals surface area contributed by atoms with Gasteiger partial charge in [0.25, 0.3) is 0 Å². The summed E-state index contributed by atoms with van der Waals surface area (Å²) in [5, 5.41) is 3.03. The molecule has 0 aromatic heterocycles. The van der Waals surface area contributed by atoms with Crippen LogP contribution in [0.2, 0.25) is 0 Å². The molecule has 1 saturated heterocycles. The molecule has 0 spiro atoms. The molecule has 1 aliphatic rings. The maximum absolute atomic E-state index is 12.7. The van der Waals surface area contributed by atoms with Crippen molar-refractivity contribution in [1.82, 2.24) is 4.90 Å². The Morgan fingerprint density at radius 2 is 1.67 bits per heavy atom. The molecule has 0 unspecified atom stereocenters. The highest BCUT2D eigenvalue weighted by atomic mass is 16.2. The number of aryl methyl sites for hydroxylation is 1. The Balaban J connectivity index is 1.46. The van der Waals surface area contributed by atoms with Gasteiger partial charge in [-0.25, -0.2) is 0 Å². The number of hydrogen-bond acceptors (Lipinski definition) is 3. The normalized spacial score (nSPS) is 15.3. The van der Waals surface area contributed by atoms with E-state index in [-0.39, 0.29) is 17.2 Å². The van der Waals surface area contributed by atoms with E-state index >= 15 is 0 Å². The van der Waals surface area contributed by atoms with E-state index in [1.807, 2.05) is 29.2 Å². The molecular formula is C28H39N3O2. The lowest BCUT2D eigenvalue weighted by Gasteiger charge is -2.36. The van der Waals surface area contributed by atoms with Crippen LogP contribution in [0, 0.1) is 18.3 Å². The van der Waals surface area contributed by atoms with E-state index in [2.05, 4.69) is 69.1 Å². The third-order valence-electron chi connectivity index (χ3n) is 6.08. The number of benzene rings is 2. The monoisotopic (exact) mass is 449 g/mol. The first-order chi connectivity index (χ1) is 15.6. The second-order valence-electron chi connectivity index (χ2n) is 10.7. The Morgan fingerprint density at radius 1 is 1.00 bits per heavy atom. The third-order valence-corrected chi connectivity index (χ3v) is 6.08. The first kappa shape index (κ1) is 24.8. The largest absolute Gasteiger partial charge is 0.368 e. The van der Waals surface area contributed by atoms with E-state index in [0.717, 1.165) is 49.5 Å². The summed E-state index contributed by atoms with van der Waals surface area (Å²) in [6.07, 6.45) is 2.03. The third kappa shape index (κ3) is 7.92. The zero-order valence-electron chi connectivity index (χ0n) is 20.9. The molecule has 3 rings (SSSR count). The summed E-state index contributed by atoms with van der Waals surface area (Å²) in [6, 6.07) is 16.2. The molecule has 2 amide bonds. The molecule has 0 aliphatic carbocycles. The molecule has 33 heavy (non-hydrogen) atoms. The number of nitrogens with zero attached hydrogens (tertiary/aromatic N) is 2. The number of anilines is 2. The number of rotatable bonds is 7. The minimum Gasteiger partial charge on any atom is -0.368 e. The Labute approximate surface area is 199 Å². The lowest BCUT2D eigenvalue weighted by molar-refractivity contribution is -0.130. The van der Waals surface area contributed by atoms with Crippen molar-refractivity contribution in [1.29, 1.82) is 0 Å². The van der Waals surface area contributed by atoms with Crippen molar-refractivity contribution < 1.29 is 9.59 Å². The molecule has 0 saturated carbocycles. The van der Waals surface area contributed by atoms with Crippen LogP contribution in [0.1, 0.15) is 51.7 Å². The highest BCUT2D eigenvalue weighted by Crippen LogP contribution is 2.26. The average Bonchev–Trinajstić information content (AvgIpc) is 2.73. The highest BCUT2D eigenvalue weighted by Gasteiger charge is 2.22. The van der Waals surface area contributed by atoms with Gasteiger partial charge in [-0.05, 0) is 54.5 Å². The number of amides is 2. The summed E-state index contributed by atoms with van der Waals surface area (Å²) in [5.41, 5.74) is 4.45. The van der Waals surface area contributed by atoms with Gasteiger partial charge in [0, 0.05) is 44.0 Å². The highest BCUT2D eigenvalue weighted by molar-refractivity contribution is 5.91. The maximum atomic E-state index is 12.7. The minimum absolute atomic E-state index is 0.0697. The van der Waals surface area contributed by atoms with Crippen LogP contribution in [0.25, 0.3) is 0 Å². The van der Waals surface area contributed by atoms with Gasteiger partial charge in [-0.1, -0.05) is 57.5 Å². The molecule has 1 N–H and O–H groups in total. The zero-order valence-corrected chi connectivity index (χ0v) is 20.9. The molecule has 2 aromatic rings. The van der Waals surface area contributed by atoms with Gasteiger partial charge in [0.15, 0.2) is 0 Å². The van der Waals surface area contributed by atoms with Gasteiger partial charge >= 0.3 is 0 Å². The van der Waals surface area contributed by atoms with Gasteiger partial charge in [-0.2, -0.15) is 0 Å². The fourth-order valence-electron chi connectivity index (χ4n) is 4.72. The first-order valence-electron chi connectivity index (χ1n) is 12.1. The lowest BCUT2D eigenvalue weighted by Crippen LogP contribution is -2.49. The predicted molar refractivity (Wildman–Crippen MR) is 137 cm³/mol. The summed E-state index contributed by atoms with van der Waals surface area (Å²) >= 11 is 0. The smallest absolute Gasteiger partial charge is 0.227 e. The summed E-state index contributed by atoms with van der Waals surface area (Å²) in [7, 11) is 0. The van der Waals surface area contributed by atoms with E-state index in [0.29, 0.717) is 18.8 Å². The minimum atomic E-state index is 0.0697. The Morgan fingerprint density at radius 3 is 2.27 bits per heavy atom. The van der Waals surface area contributed by atoms with Crippen LogP contribution in [0.4, 0.5) is 11.4 Å². The zero-order chi connectivity index (χ0) is 24.0. The number of piperazine rings is 1. The van der Waals surface area contributed by atoms with Crippen LogP contribution >= 0.6 is 0 Å². The van der Waals surface area contributed by atoms with Gasteiger partial charge in [-0.15, -0.1) is 0 Å². The molecule has 0 radical (unpaired) electrons. The van der Waals surface area contributed by atoms with Crippen molar-refractivity contribution in [2.45, 2.75) is 53.9 Å². The molecule has 0 bridgehead atoms. The Kier molecular flexibility index (Phi) is 8.17. The topological polar surface area (TPSA) is 52.7 Å². The van der Waals surface area contributed by atoms with Gasteiger partial charge in [-0.3, -0.25) is 9.59 Å². The fraction of sp³-hybridized carbons (Fsp3) is 0.500. The number of hydrogen-bond donors (Lipinski definition) is 1. The van der Waals surface area contributed by atoms with Crippen molar-refractivity contribution in [3.05, 3.63) is 59.7 Å². The van der Waals surface area contributed by atoms with Crippen LogP contribution in [0.5, 0.6) is 0 Å². The SMILES string of the molecule is Cc1cccc(CC(=O)N2CCN(c3ccc(NC(=O)C[C@@H](C)CC(C)(C)C)cc3)CC2)c1. The number of carbonyl (C=O) groups is 2. The summed E-state index contributed by atoms with van der Waals surface area (Å²) < 4.78 is 0. The Hall–Kier alpha value is -2.82. The van der Waals surface area contributed by atoms with Crippen LogP contribution < -0.4 is 10.2 Å². The Bertz CT molecular complexity index is 938. The van der Waals surface area contributed by atoms with Crippen LogP contribution in [0.15, 0.2) is 48.5 Å². The maximum Gasteiger partial charge on any atom is 0.227 e. The van der Waals surface area contributed by atoms with Gasteiger partial charge < -0.3 is 15.1 Å². The van der Waals surface area contributed by atoms with Crippen molar-refractivity contribution in [2.24, 2.45) is 11.3 Å². The fourth-order valence-corrected chi connectivity index (χ4v) is 4.72. The van der Waals surface area contributed by atoms with Gasteiger partial charge in [0.1, 0.15) is 0 Å². The van der Waals surface area contributed by atoms with Crippen molar-refractivity contribution >= 4 is 23.2 Å². The van der Waals surface area contributed by atoms with Gasteiger partial charge in [0.05, 0.1) is 6.42 Å². The second kappa shape index (κ2) is 10.9. The van der Waals surface area contributed by atoms with Crippen LogP contribution in [-0.2, 0) is 16.0 Å². The average molecular weight is 450 g/mol. The number of carbonyl (C=O) groups excluding carboxylic acids is 2. The van der Waals surface area contributed by atoms with E-state index in [1.54, 1.807) is 0 Å². The first-order valence-corrected chi connectivity index (χ1v) is 12.1. The molecule has 2 aromatic carbocycles. The molecule has 1 heterocycles. The molecule has 1 aliphatic heterocycles. The standard InChI is InChI=1S/C28H39N3O2/c1-21-7-6-8-23(17-21)19-27(33)31-15-13-30(14-16-31)25-11-9-24(10-12-25)29-26(32)18-22(2)20-28(3,4)5/h6-12,17,22H,13-16,18-20H2,1-5H3,(H,29,32)/t22-/m1/s1. The number of nitrogens with one attached hydrogen (secondary N) is 1. The van der Waals surface area contributed by atoms with E-state index < -0.39 is 0 Å². The molecule has 178 valence electrons. The van der Waals surface area contributed by atoms with Crippen LogP contribution in [0.3, 0.4) is 0 Å². The predicted octanol–water partition coefficient (Wildman–Crippen LogP) is 5.29. The summed E-state index contributed by atoms with van der Waals surface area (Å²) in [6.45, 7) is 13.9. The van der Waals surface area contributed by atoms with Crippen molar-refractivity contribution in [2.75, 3.05) is 36.4 Å². The van der Waals surface area contributed by atoms with Crippen LogP contribution in [-0.4, -0.2) is 42.9 Å². The van der Waals surface area contributed by atoms with E-state index in [1.165, 1.54) is 5.56 Å².